The zero-order chi connectivity index (χ0) is 31.0. The lowest BCUT2D eigenvalue weighted by molar-refractivity contribution is -0.140. The molecule has 0 unspecified atom stereocenters. The van der Waals surface area contributed by atoms with Gasteiger partial charge < -0.3 is 15.0 Å². The number of aryl methyl sites for hydroxylation is 1. The number of sulfonamides is 1. The molecule has 0 bridgehead atoms. The van der Waals surface area contributed by atoms with Gasteiger partial charge >= 0.3 is 0 Å². The molecule has 2 amide bonds. The minimum absolute atomic E-state index is 0.0194. The van der Waals surface area contributed by atoms with E-state index in [1.807, 2.05) is 20.8 Å². The van der Waals surface area contributed by atoms with Crippen LogP contribution in [0.2, 0.25) is 10.0 Å². The van der Waals surface area contributed by atoms with E-state index in [-0.39, 0.29) is 35.5 Å². The SMILES string of the molecule is CC[C@H](C(=O)N[C@@H](C)CC)N(Cc1c(Cl)cccc1Cl)C(=O)CN(c1cccc(OC)c1)S(=O)(=O)c1ccc(C)cc1. The van der Waals surface area contributed by atoms with Crippen LogP contribution in [0.15, 0.2) is 71.6 Å². The Kier molecular flexibility index (Phi) is 11.7. The molecule has 0 radical (unpaired) electrons. The third kappa shape index (κ3) is 7.96. The summed E-state index contributed by atoms with van der Waals surface area (Å²) in [7, 11) is -2.74. The van der Waals surface area contributed by atoms with E-state index in [0.717, 1.165) is 9.87 Å². The van der Waals surface area contributed by atoms with Gasteiger partial charge in [-0.15, -0.1) is 0 Å². The van der Waals surface area contributed by atoms with Gasteiger partial charge in [0.2, 0.25) is 11.8 Å². The van der Waals surface area contributed by atoms with Crippen LogP contribution in [-0.4, -0.2) is 50.9 Å². The van der Waals surface area contributed by atoms with Gasteiger partial charge in [0.1, 0.15) is 18.3 Å². The van der Waals surface area contributed by atoms with Gasteiger partial charge in [-0.25, -0.2) is 8.42 Å². The standard InChI is InChI=1S/C31H37Cl2N3O5S/c1-6-22(4)34-31(38)29(7-2)35(19-26-27(32)12-9-13-28(26)33)30(37)20-36(23-10-8-11-24(18-23)41-5)42(39,40)25-16-14-21(3)15-17-25/h8-18,22,29H,6-7,19-20H2,1-5H3,(H,34,38)/t22-,29+/m0/s1. The Balaban J connectivity index is 2.12. The molecule has 0 saturated heterocycles. The number of ether oxygens (including phenoxy) is 1. The predicted octanol–water partition coefficient (Wildman–Crippen LogP) is 6.23. The molecular formula is C31H37Cl2N3O5S. The number of hydrogen-bond acceptors (Lipinski definition) is 5. The van der Waals surface area contributed by atoms with Crippen LogP contribution in [0.4, 0.5) is 5.69 Å². The molecule has 0 aliphatic carbocycles. The smallest absolute Gasteiger partial charge is 0.264 e. The Morgan fingerprint density at radius 3 is 2.14 bits per heavy atom. The molecule has 2 atom stereocenters. The highest BCUT2D eigenvalue weighted by Gasteiger charge is 2.34. The first-order chi connectivity index (χ1) is 19.9. The van der Waals surface area contributed by atoms with Gasteiger partial charge in [0, 0.05) is 34.3 Å². The van der Waals surface area contributed by atoms with Crippen LogP contribution >= 0.6 is 23.2 Å². The summed E-state index contributed by atoms with van der Waals surface area (Å²) >= 11 is 12.9. The monoisotopic (exact) mass is 633 g/mol. The average Bonchev–Trinajstić information content (AvgIpc) is 2.97. The highest BCUT2D eigenvalue weighted by Crippen LogP contribution is 2.30. The Morgan fingerprint density at radius 2 is 1.57 bits per heavy atom. The fourth-order valence-corrected chi connectivity index (χ4v) is 6.27. The number of nitrogens with one attached hydrogen (secondary N) is 1. The first kappa shape index (κ1) is 33.2. The molecule has 3 aromatic carbocycles. The van der Waals surface area contributed by atoms with Crippen LogP contribution < -0.4 is 14.4 Å². The predicted molar refractivity (Wildman–Crippen MR) is 168 cm³/mol. The van der Waals surface area contributed by atoms with E-state index in [2.05, 4.69) is 5.32 Å². The van der Waals surface area contributed by atoms with E-state index in [1.165, 1.54) is 24.1 Å². The molecule has 0 aromatic heterocycles. The summed E-state index contributed by atoms with van der Waals surface area (Å²) in [6.45, 7) is 6.78. The molecule has 226 valence electrons. The van der Waals surface area contributed by atoms with Gasteiger partial charge in [0.25, 0.3) is 10.0 Å². The van der Waals surface area contributed by atoms with Crippen LogP contribution in [0.5, 0.6) is 5.75 Å². The number of carbonyl (C=O) groups excluding carboxylic acids is 2. The fourth-order valence-electron chi connectivity index (χ4n) is 4.35. The number of amides is 2. The van der Waals surface area contributed by atoms with Crippen molar-refractivity contribution in [2.24, 2.45) is 0 Å². The molecule has 3 rings (SSSR count). The number of carbonyl (C=O) groups is 2. The van der Waals surface area contributed by atoms with Gasteiger partial charge in [0.15, 0.2) is 0 Å². The Morgan fingerprint density at radius 1 is 0.952 bits per heavy atom. The molecule has 0 fully saturated rings. The summed E-state index contributed by atoms with van der Waals surface area (Å²) in [5, 5.41) is 3.60. The van der Waals surface area contributed by atoms with Gasteiger partial charge in [-0.3, -0.25) is 13.9 Å². The van der Waals surface area contributed by atoms with Crippen LogP contribution in [0.1, 0.15) is 44.7 Å². The van der Waals surface area contributed by atoms with Crippen molar-refractivity contribution in [1.29, 1.82) is 0 Å². The first-order valence-electron chi connectivity index (χ1n) is 13.7. The number of halogens is 2. The Bertz CT molecular complexity index is 1480. The van der Waals surface area contributed by atoms with Crippen molar-refractivity contribution < 1.29 is 22.7 Å². The number of rotatable bonds is 13. The van der Waals surface area contributed by atoms with Crippen molar-refractivity contribution in [3.8, 4) is 5.75 Å². The molecule has 0 aliphatic rings. The van der Waals surface area contributed by atoms with Gasteiger partial charge in [-0.05, 0) is 63.1 Å². The van der Waals surface area contributed by atoms with E-state index in [0.29, 0.717) is 27.8 Å². The number of anilines is 1. The van der Waals surface area contributed by atoms with Crippen molar-refractivity contribution in [3.63, 3.8) is 0 Å². The lowest BCUT2D eigenvalue weighted by atomic mass is 10.1. The number of benzene rings is 3. The highest BCUT2D eigenvalue weighted by atomic mass is 35.5. The van der Waals surface area contributed by atoms with Crippen molar-refractivity contribution in [2.45, 2.75) is 64.1 Å². The summed E-state index contributed by atoms with van der Waals surface area (Å²) < 4.78 is 34.4. The lowest BCUT2D eigenvalue weighted by Crippen LogP contribution is -2.53. The van der Waals surface area contributed by atoms with Gasteiger partial charge in [-0.2, -0.15) is 0 Å². The van der Waals surface area contributed by atoms with Gasteiger partial charge in [-0.1, -0.05) is 66.9 Å². The molecule has 0 saturated carbocycles. The van der Waals surface area contributed by atoms with E-state index in [1.54, 1.807) is 61.5 Å². The zero-order valence-electron chi connectivity index (χ0n) is 24.4. The number of methoxy groups -OCH3 is 1. The summed E-state index contributed by atoms with van der Waals surface area (Å²) in [5.74, 6) is -0.531. The maximum absolute atomic E-state index is 14.2. The first-order valence-corrected chi connectivity index (χ1v) is 15.9. The number of nitrogens with zero attached hydrogens (tertiary/aromatic N) is 2. The Labute approximate surface area is 258 Å². The van der Waals surface area contributed by atoms with E-state index in [9.17, 15) is 18.0 Å². The zero-order valence-corrected chi connectivity index (χ0v) is 26.8. The van der Waals surface area contributed by atoms with E-state index in [4.69, 9.17) is 27.9 Å². The fraction of sp³-hybridized carbons (Fsp3) is 0.355. The maximum atomic E-state index is 14.2. The van der Waals surface area contributed by atoms with Crippen LogP contribution in [-0.2, 0) is 26.2 Å². The molecule has 1 N–H and O–H groups in total. The largest absolute Gasteiger partial charge is 0.497 e. The van der Waals surface area contributed by atoms with Crippen molar-refractivity contribution >= 4 is 50.7 Å². The van der Waals surface area contributed by atoms with Crippen molar-refractivity contribution in [1.82, 2.24) is 10.2 Å². The molecule has 11 heteroatoms. The summed E-state index contributed by atoms with van der Waals surface area (Å²) in [6, 6.07) is 16.8. The van der Waals surface area contributed by atoms with E-state index < -0.39 is 28.5 Å². The quantitative estimate of drug-likeness (QED) is 0.241. The molecular weight excluding hydrogens is 597 g/mol. The minimum Gasteiger partial charge on any atom is -0.497 e. The Hall–Kier alpha value is -3.27. The van der Waals surface area contributed by atoms with Gasteiger partial charge in [0.05, 0.1) is 17.7 Å². The van der Waals surface area contributed by atoms with Crippen LogP contribution in [0.3, 0.4) is 0 Å². The van der Waals surface area contributed by atoms with E-state index >= 15 is 0 Å². The third-order valence-electron chi connectivity index (χ3n) is 7.01. The summed E-state index contributed by atoms with van der Waals surface area (Å²) in [6.07, 6.45) is 0.977. The summed E-state index contributed by atoms with van der Waals surface area (Å²) in [5.41, 5.74) is 1.58. The summed E-state index contributed by atoms with van der Waals surface area (Å²) in [4.78, 5) is 29.0. The molecule has 42 heavy (non-hydrogen) atoms. The molecule has 3 aromatic rings. The molecule has 0 spiro atoms. The highest BCUT2D eigenvalue weighted by molar-refractivity contribution is 7.92. The number of hydrogen-bond donors (Lipinski definition) is 1. The minimum atomic E-state index is -4.21. The van der Waals surface area contributed by atoms with Crippen molar-refractivity contribution in [3.05, 3.63) is 87.9 Å². The topological polar surface area (TPSA) is 96.0 Å². The van der Waals surface area contributed by atoms with Crippen LogP contribution in [0.25, 0.3) is 0 Å². The molecule has 0 heterocycles. The lowest BCUT2D eigenvalue weighted by Gasteiger charge is -2.34. The second-order valence-corrected chi connectivity index (χ2v) is 12.7. The van der Waals surface area contributed by atoms with Crippen molar-refractivity contribution in [2.75, 3.05) is 18.0 Å². The van der Waals surface area contributed by atoms with Crippen LogP contribution in [0, 0.1) is 6.92 Å². The molecule has 0 aliphatic heterocycles. The second kappa shape index (κ2) is 14.8. The molecule has 8 nitrogen and oxygen atoms in total. The maximum Gasteiger partial charge on any atom is 0.264 e. The average molecular weight is 635 g/mol. The second-order valence-electron chi connectivity index (χ2n) is 9.99. The third-order valence-corrected chi connectivity index (χ3v) is 9.50. The normalized spacial score (nSPS) is 12.7.